The Morgan fingerprint density at radius 3 is 2.48 bits per heavy atom. The molecule has 1 aromatic heterocycles. The van der Waals surface area contributed by atoms with E-state index in [2.05, 4.69) is 12.2 Å². The lowest BCUT2D eigenvalue weighted by Crippen LogP contribution is -1.90. The number of halogens is 1. The SMILES string of the molecule is COc1ccc(-c2nc(Nc3ccc(C)c(Cl)c3)sc2C)cc1. The molecule has 0 spiro atoms. The van der Waals surface area contributed by atoms with Crippen molar-refractivity contribution in [3.63, 3.8) is 0 Å². The Balaban J connectivity index is 1.86. The molecule has 0 aliphatic carbocycles. The minimum atomic E-state index is 0.749. The van der Waals surface area contributed by atoms with Gasteiger partial charge < -0.3 is 10.1 Å². The third-order valence-corrected chi connectivity index (χ3v) is 4.88. The van der Waals surface area contributed by atoms with Crippen LogP contribution in [0.4, 0.5) is 10.8 Å². The second kappa shape index (κ2) is 6.60. The number of nitrogens with one attached hydrogen (secondary N) is 1. The molecule has 0 fully saturated rings. The van der Waals surface area contributed by atoms with Gasteiger partial charge in [-0.15, -0.1) is 11.3 Å². The molecule has 0 unspecified atom stereocenters. The number of hydrogen-bond donors (Lipinski definition) is 1. The minimum absolute atomic E-state index is 0.749. The highest BCUT2D eigenvalue weighted by molar-refractivity contribution is 7.16. The molecule has 0 amide bonds. The molecular formula is C18H17ClN2OS. The van der Waals surface area contributed by atoms with Gasteiger partial charge in [-0.2, -0.15) is 0 Å². The third kappa shape index (κ3) is 3.49. The molecule has 0 aliphatic rings. The Morgan fingerprint density at radius 2 is 1.83 bits per heavy atom. The molecule has 0 saturated heterocycles. The van der Waals surface area contributed by atoms with Crippen molar-refractivity contribution in [1.29, 1.82) is 0 Å². The van der Waals surface area contributed by atoms with Gasteiger partial charge in [0, 0.05) is 21.2 Å². The Morgan fingerprint density at radius 1 is 1.09 bits per heavy atom. The monoisotopic (exact) mass is 344 g/mol. The van der Waals surface area contributed by atoms with E-state index in [1.807, 2.05) is 49.4 Å². The number of hydrogen-bond acceptors (Lipinski definition) is 4. The van der Waals surface area contributed by atoms with Gasteiger partial charge in [0.1, 0.15) is 5.75 Å². The predicted molar refractivity (Wildman–Crippen MR) is 98.3 cm³/mol. The number of benzene rings is 2. The summed E-state index contributed by atoms with van der Waals surface area (Å²) in [5.74, 6) is 0.842. The number of rotatable bonds is 4. The highest BCUT2D eigenvalue weighted by Crippen LogP contribution is 2.33. The molecule has 118 valence electrons. The van der Waals surface area contributed by atoms with Crippen LogP contribution in [0.2, 0.25) is 5.02 Å². The van der Waals surface area contributed by atoms with Crippen LogP contribution in [0.3, 0.4) is 0 Å². The number of methoxy groups -OCH3 is 1. The molecule has 0 radical (unpaired) electrons. The predicted octanol–water partition coefficient (Wildman–Crippen LogP) is 5.83. The van der Waals surface area contributed by atoms with E-state index in [0.717, 1.165) is 43.3 Å². The normalized spacial score (nSPS) is 10.6. The van der Waals surface area contributed by atoms with Crippen molar-refractivity contribution in [2.75, 3.05) is 12.4 Å². The van der Waals surface area contributed by atoms with Crippen molar-refractivity contribution in [3.8, 4) is 17.0 Å². The maximum absolute atomic E-state index is 6.17. The molecule has 0 saturated carbocycles. The van der Waals surface area contributed by atoms with Crippen LogP contribution in [0, 0.1) is 13.8 Å². The van der Waals surface area contributed by atoms with E-state index in [1.165, 1.54) is 0 Å². The first-order chi connectivity index (χ1) is 11.1. The Hall–Kier alpha value is -2.04. The summed E-state index contributed by atoms with van der Waals surface area (Å²) in [5, 5.41) is 4.93. The summed E-state index contributed by atoms with van der Waals surface area (Å²) in [6.45, 7) is 4.06. The van der Waals surface area contributed by atoms with Crippen LogP contribution < -0.4 is 10.1 Å². The van der Waals surface area contributed by atoms with Gasteiger partial charge in [0.2, 0.25) is 0 Å². The molecule has 0 atom stereocenters. The summed E-state index contributed by atoms with van der Waals surface area (Å²) in [6, 6.07) is 13.9. The maximum Gasteiger partial charge on any atom is 0.187 e. The van der Waals surface area contributed by atoms with E-state index in [0.29, 0.717) is 0 Å². The van der Waals surface area contributed by atoms with Gasteiger partial charge in [-0.1, -0.05) is 17.7 Å². The van der Waals surface area contributed by atoms with Crippen molar-refractivity contribution < 1.29 is 4.74 Å². The molecule has 1 heterocycles. The first-order valence-electron chi connectivity index (χ1n) is 7.22. The second-order valence-electron chi connectivity index (χ2n) is 5.24. The van der Waals surface area contributed by atoms with Crippen molar-refractivity contribution in [1.82, 2.24) is 4.98 Å². The number of thiazole rings is 1. The molecule has 3 rings (SSSR count). The highest BCUT2D eigenvalue weighted by atomic mass is 35.5. The van der Waals surface area contributed by atoms with E-state index < -0.39 is 0 Å². The summed E-state index contributed by atoms with van der Waals surface area (Å²) in [5.41, 5.74) is 4.06. The first kappa shape index (κ1) is 15.8. The average Bonchev–Trinajstić information content (AvgIpc) is 2.91. The highest BCUT2D eigenvalue weighted by Gasteiger charge is 2.10. The quantitative estimate of drug-likeness (QED) is 0.646. The number of ether oxygens (including phenoxy) is 1. The fourth-order valence-electron chi connectivity index (χ4n) is 2.26. The fraction of sp³-hybridized carbons (Fsp3) is 0.167. The average molecular weight is 345 g/mol. The van der Waals surface area contributed by atoms with Crippen LogP contribution in [0.5, 0.6) is 5.75 Å². The smallest absolute Gasteiger partial charge is 0.187 e. The molecule has 5 heteroatoms. The lowest BCUT2D eigenvalue weighted by Gasteiger charge is -2.04. The van der Waals surface area contributed by atoms with Crippen LogP contribution in [0.1, 0.15) is 10.4 Å². The Bertz CT molecular complexity index is 828. The number of aromatic nitrogens is 1. The van der Waals surface area contributed by atoms with E-state index >= 15 is 0 Å². The largest absolute Gasteiger partial charge is 0.497 e. The van der Waals surface area contributed by atoms with Gasteiger partial charge in [-0.3, -0.25) is 0 Å². The zero-order valence-electron chi connectivity index (χ0n) is 13.2. The summed E-state index contributed by atoms with van der Waals surface area (Å²) in [7, 11) is 1.66. The zero-order chi connectivity index (χ0) is 16.4. The van der Waals surface area contributed by atoms with Crippen LogP contribution in [0.25, 0.3) is 11.3 Å². The van der Waals surface area contributed by atoms with Crippen molar-refractivity contribution in [2.45, 2.75) is 13.8 Å². The Kier molecular flexibility index (Phi) is 4.55. The van der Waals surface area contributed by atoms with Gasteiger partial charge in [-0.05, 0) is 55.8 Å². The summed E-state index contributed by atoms with van der Waals surface area (Å²) in [4.78, 5) is 5.87. The van der Waals surface area contributed by atoms with Crippen molar-refractivity contribution in [3.05, 3.63) is 57.9 Å². The van der Waals surface area contributed by atoms with Crippen molar-refractivity contribution >= 4 is 33.8 Å². The maximum atomic E-state index is 6.17. The summed E-state index contributed by atoms with van der Waals surface area (Å²) < 4.78 is 5.20. The van der Waals surface area contributed by atoms with Crippen LogP contribution in [-0.4, -0.2) is 12.1 Å². The molecule has 23 heavy (non-hydrogen) atoms. The topological polar surface area (TPSA) is 34.1 Å². The zero-order valence-corrected chi connectivity index (χ0v) is 14.8. The van der Waals surface area contributed by atoms with Crippen LogP contribution >= 0.6 is 22.9 Å². The van der Waals surface area contributed by atoms with Gasteiger partial charge in [0.25, 0.3) is 0 Å². The van der Waals surface area contributed by atoms with Gasteiger partial charge in [0.05, 0.1) is 12.8 Å². The number of anilines is 2. The minimum Gasteiger partial charge on any atom is -0.497 e. The van der Waals surface area contributed by atoms with Gasteiger partial charge in [-0.25, -0.2) is 4.98 Å². The Labute approximate surface area is 144 Å². The third-order valence-electron chi connectivity index (χ3n) is 3.58. The van der Waals surface area contributed by atoms with Crippen LogP contribution in [0.15, 0.2) is 42.5 Å². The first-order valence-corrected chi connectivity index (χ1v) is 8.41. The second-order valence-corrected chi connectivity index (χ2v) is 6.85. The molecule has 2 aromatic carbocycles. The number of nitrogens with zero attached hydrogens (tertiary/aromatic N) is 1. The molecule has 3 aromatic rings. The number of aryl methyl sites for hydroxylation is 2. The van der Waals surface area contributed by atoms with Crippen molar-refractivity contribution in [2.24, 2.45) is 0 Å². The van der Waals surface area contributed by atoms with E-state index in [-0.39, 0.29) is 0 Å². The summed E-state index contributed by atoms with van der Waals surface area (Å²) >= 11 is 7.80. The molecular weight excluding hydrogens is 328 g/mol. The molecule has 0 bridgehead atoms. The van der Waals surface area contributed by atoms with Crippen LogP contribution in [-0.2, 0) is 0 Å². The molecule has 3 nitrogen and oxygen atoms in total. The summed E-state index contributed by atoms with van der Waals surface area (Å²) in [6.07, 6.45) is 0. The lowest BCUT2D eigenvalue weighted by molar-refractivity contribution is 0.415. The molecule has 0 aliphatic heterocycles. The van der Waals surface area contributed by atoms with E-state index in [9.17, 15) is 0 Å². The lowest BCUT2D eigenvalue weighted by atomic mass is 10.1. The standard InChI is InChI=1S/C18H17ClN2OS/c1-11-4-7-14(10-16(11)19)20-18-21-17(12(2)23-18)13-5-8-15(22-3)9-6-13/h4-10H,1-3H3,(H,20,21). The molecule has 1 N–H and O–H groups in total. The van der Waals surface area contributed by atoms with Gasteiger partial charge in [0.15, 0.2) is 5.13 Å². The van der Waals surface area contributed by atoms with E-state index in [1.54, 1.807) is 18.4 Å². The van der Waals surface area contributed by atoms with E-state index in [4.69, 9.17) is 21.3 Å². The fourth-order valence-corrected chi connectivity index (χ4v) is 3.30. The van der Waals surface area contributed by atoms with Gasteiger partial charge >= 0.3 is 0 Å².